The molecule has 0 saturated carbocycles. The summed E-state index contributed by atoms with van der Waals surface area (Å²) in [4.78, 5) is 11.4. The maximum Gasteiger partial charge on any atom is 0.337 e. The van der Waals surface area contributed by atoms with Gasteiger partial charge in [0, 0.05) is 4.47 Å². The summed E-state index contributed by atoms with van der Waals surface area (Å²) in [6.07, 6.45) is 1.45. The number of ether oxygens (including phenoxy) is 1. The number of hydrogen-bond donors (Lipinski definition) is 0. The zero-order valence-electron chi connectivity index (χ0n) is 8.29. The largest absolute Gasteiger partial charge is 0.465 e. The van der Waals surface area contributed by atoms with Crippen LogP contribution in [0.1, 0.15) is 10.4 Å². The van der Waals surface area contributed by atoms with Crippen molar-refractivity contribution in [2.24, 2.45) is 0 Å². The van der Waals surface area contributed by atoms with Crippen molar-refractivity contribution >= 4 is 21.9 Å². The number of hydrogen-bond acceptors (Lipinski definition) is 5. The van der Waals surface area contributed by atoms with Crippen LogP contribution >= 0.6 is 15.9 Å². The van der Waals surface area contributed by atoms with E-state index in [1.165, 1.54) is 18.1 Å². The van der Waals surface area contributed by atoms with Crippen LogP contribution in [0.15, 0.2) is 29.0 Å². The van der Waals surface area contributed by atoms with Crippen LogP contribution in [0.4, 0.5) is 0 Å². The molecule has 0 saturated heterocycles. The Kier molecular flexibility index (Phi) is 2.95. The van der Waals surface area contributed by atoms with Gasteiger partial charge in [0.2, 0.25) is 0 Å². The van der Waals surface area contributed by atoms with E-state index < -0.39 is 5.97 Å². The number of carbonyl (C=O) groups excluding carboxylic acids is 1. The van der Waals surface area contributed by atoms with Crippen molar-refractivity contribution in [2.45, 2.75) is 0 Å². The summed E-state index contributed by atoms with van der Waals surface area (Å²) in [7, 11) is 1.33. The number of tetrazole rings is 1. The molecule has 7 heteroatoms. The zero-order valence-corrected chi connectivity index (χ0v) is 9.88. The normalized spacial score (nSPS) is 10.1. The Morgan fingerprint density at radius 1 is 1.44 bits per heavy atom. The molecule has 0 atom stereocenters. The van der Waals surface area contributed by atoms with E-state index in [0.717, 1.165) is 4.47 Å². The van der Waals surface area contributed by atoms with Gasteiger partial charge in [0.25, 0.3) is 0 Å². The maximum absolute atomic E-state index is 11.4. The Bertz CT molecular complexity index is 512. The molecule has 82 valence electrons. The van der Waals surface area contributed by atoms with Gasteiger partial charge in [-0.1, -0.05) is 15.9 Å². The van der Waals surface area contributed by atoms with Crippen LogP contribution in [0.3, 0.4) is 0 Å². The lowest BCUT2D eigenvalue weighted by Crippen LogP contribution is -2.03. The highest BCUT2D eigenvalue weighted by Crippen LogP contribution is 2.18. The van der Waals surface area contributed by atoms with E-state index in [9.17, 15) is 4.79 Å². The van der Waals surface area contributed by atoms with Crippen LogP contribution in [-0.4, -0.2) is 33.3 Å². The van der Waals surface area contributed by atoms with Crippen molar-refractivity contribution in [3.05, 3.63) is 34.6 Å². The maximum atomic E-state index is 11.4. The van der Waals surface area contributed by atoms with Gasteiger partial charge in [-0.05, 0) is 28.6 Å². The third kappa shape index (κ3) is 2.08. The number of nitrogens with zero attached hydrogens (tertiary/aromatic N) is 4. The molecule has 0 fully saturated rings. The number of carbonyl (C=O) groups is 1. The molecule has 0 amide bonds. The average Bonchev–Trinajstić information content (AvgIpc) is 2.80. The Hall–Kier alpha value is -1.76. The lowest BCUT2D eigenvalue weighted by molar-refractivity contribution is 0.0600. The first kappa shape index (κ1) is 10.7. The summed E-state index contributed by atoms with van der Waals surface area (Å²) in [5.74, 6) is -0.407. The fourth-order valence-corrected chi connectivity index (χ4v) is 1.70. The molecular weight excluding hydrogens is 276 g/mol. The SMILES string of the molecule is COC(=O)c1cc(Br)cc(-n2cnnn2)c1. The van der Waals surface area contributed by atoms with E-state index in [0.29, 0.717) is 11.3 Å². The molecule has 1 aromatic carbocycles. The van der Waals surface area contributed by atoms with E-state index >= 15 is 0 Å². The molecule has 0 unspecified atom stereocenters. The third-order valence-electron chi connectivity index (χ3n) is 1.92. The highest BCUT2D eigenvalue weighted by Gasteiger charge is 2.09. The van der Waals surface area contributed by atoms with Gasteiger partial charge < -0.3 is 4.74 Å². The second-order valence-corrected chi connectivity index (χ2v) is 3.86. The van der Waals surface area contributed by atoms with Crippen LogP contribution in [-0.2, 0) is 4.74 Å². The van der Waals surface area contributed by atoms with Crippen molar-refractivity contribution < 1.29 is 9.53 Å². The highest BCUT2D eigenvalue weighted by atomic mass is 79.9. The van der Waals surface area contributed by atoms with Gasteiger partial charge in [0.1, 0.15) is 6.33 Å². The molecule has 0 aliphatic rings. The third-order valence-corrected chi connectivity index (χ3v) is 2.38. The molecule has 0 N–H and O–H groups in total. The van der Waals surface area contributed by atoms with Gasteiger partial charge >= 0.3 is 5.97 Å². The van der Waals surface area contributed by atoms with E-state index in [-0.39, 0.29) is 0 Å². The first-order valence-corrected chi connectivity index (χ1v) is 5.12. The number of rotatable bonds is 2. The molecule has 0 aliphatic heterocycles. The quantitative estimate of drug-likeness (QED) is 0.775. The fourth-order valence-electron chi connectivity index (χ4n) is 1.22. The predicted molar refractivity (Wildman–Crippen MR) is 58.2 cm³/mol. The summed E-state index contributed by atoms with van der Waals surface area (Å²) in [6.45, 7) is 0. The minimum Gasteiger partial charge on any atom is -0.465 e. The fraction of sp³-hybridized carbons (Fsp3) is 0.111. The van der Waals surface area contributed by atoms with E-state index in [1.807, 2.05) is 0 Å². The number of esters is 1. The predicted octanol–water partition coefficient (Wildman–Crippen LogP) is 1.21. The molecule has 0 spiro atoms. The van der Waals surface area contributed by atoms with Crippen LogP contribution in [0.2, 0.25) is 0 Å². The number of benzene rings is 1. The Balaban J connectivity index is 2.48. The zero-order chi connectivity index (χ0) is 11.5. The molecule has 0 aliphatic carbocycles. The van der Waals surface area contributed by atoms with Gasteiger partial charge in [0.05, 0.1) is 18.4 Å². The smallest absolute Gasteiger partial charge is 0.337 e. The number of methoxy groups -OCH3 is 1. The van der Waals surface area contributed by atoms with Crippen LogP contribution in [0.5, 0.6) is 0 Å². The van der Waals surface area contributed by atoms with Gasteiger partial charge in [-0.3, -0.25) is 0 Å². The highest BCUT2D eigenvalue weighted by molar-refractivity contribution is 9.10. The summed E-state index contributed by atoms with van der Waals surface area (Å²) in [5, 5.41) is 10.8. The van der Waals surface area contributed by atoms with Crippen molar-refractivity contribution in [3.63, 3.8) is 0 Å². The first-order valence-electron chi connectivity index (χ1n) is 4.33. The molecule has 1 heterocycles. The molecule has 2 rings (SSSR count). The molecule has 16 heavy (non-hydrogen) atoms. The monoisotopic (exact) mass is 282 g/mol. The molecule has 1 aromatic heterocycles. The standard InChI is InChI=1S/C9H7BrN4O2/c1-16-9(15)6-2-7(10)4-8(3-6)14-5-11-12-13-14/h2-5H,1H3. The lowest BCUT2D eigenvalue weighted by Gasteiger charge is -2.04. The summed E-state index contributed by atoms with van der Waals surface area (Å²) in [5.41, 5.74) is 1.11. The van der Waals surface area contributed by atoms with Gasteiger partial charge in [0.15, 0.2) is 0 Å². The minimum atomic E-state index is -0.407. The van der Waals surface area contributed by atoms with Crippen LogP contribution in [0, 0.1) is 0 Å². The van der Waals surface area contributed by atoms with Crippen LogP contribution < -0.4 is 0 Å². The summed E-state index contributed by atoms with van der Waals surface area (Å²) in [6, 6.07) is 5.11. The second-order valence-electron chi connectivity index (χ2n) is 2.94. The van der Waals surface area contributed by atoms with Crippen LogP contribution in [0.25, 0.3) is 5.69 Å². The summed E-state index contributed by atoms with van der Waals surface area (Å²) < 4.78 is 6.85. The van der Waals surface area contributed by atoms with E-state index in [1.54, 1.807) is 18.2 Å². The van der Waals surface area contributed by atoms with E-state index in [2.05, 4.69) is 36.2 Å². The Labute approximate surface area is 99.3 Å². The van der Waals surface area contributed by atoms with Crippen molar-refractivity contribution in [2.75, 3.05) is 7.11 Å². The van der Waals surface area contributed by atoms with Gasteiger partial charge in [-0.2, -0.15) is 0 Å². The molecule has 2 aromatic rings. The number of aromatic nitrogens is 4. The molecule has 6 nitrogen and oxygen atoms in total. The average molecular weight is 283 g/mol. The number of halogens is 1. The summed E-state index contributed by atoms with van der Waals surface area (Å²) >= 11 is 3.31. The van der Waals surface area contributed by atoms with Gasteiger partial charge in [-0.15, -0.1) is 5.10 Å². The Morgan fingerprint density at radius 2 is 2.25 bits per heavy atom. The van der Waals surface area contributed by atoms with Crippen molar-refractivity contribution in [1.82, 2.24) is 20.2 Å². The second kappa shape index (κ2) is 4.40. The Morgan fingerprint density at radius 3 is 2.88 bits per heavy atom. The van der Waals surface area contributed by atoms with Gasteiger partial charge in [-0.25, -0.2) is 9.48 Å². The molecule has 0 radical (unpaired) electrons. The molecular formula is C9H7BrN4O2. The lowest BCUT2D eigenvalue weighted by atomic mass is 10.2. The molecule has 0 bridgehead atoms. The first-order chi connectivity index (χ1) is 7.70. The topological polar surface area (TPSA) is 69.9 Å². The minimum absolute atomic E-state index is 0.407. The van der Waals surface area contributed by atoms with Crippen molar-refractivity contribution in [3.8, 4) is 5.69 Å². The van der Waals surface area contributed by atoms with Crippen molar-refractivity contribution in [1.29, 1.82) is 0 Å². The van der Waals surface area contributed by atoms with E-state index in [4.69, 9.17) is 0 Å².